The molecule has 2 amide bonds. The molecular weight excluding hydrogens is 457 g/mol. The monoisotopic (exact) mass is 478 g/mol. The summed E-state index contributed by atoms with van der Waals surface area (Å²) in [5, 5.41) is 2.94. The Labute approximate surface area is 199 Å². The maximum atomic E-state index is 13.2. The lowest BCUT2D eigenvalue weighted by Crippen LogP contribution is -2.28. The summed E-state index contributed by atoms with van der Waals surface area (Å²) in [4.78, 5) is 31.9. The maximum absolute atomic E-state index is 13.2. The van der Waals surface area contributed by atoms with Crippen molar-refractivity contribution in [2.24, 2.45) is 5.92 Å². The topological polar surface area (TPSA) is 66.7 Å². The lowest BCUT2D eigenvalue weighted by atomic mass is 10.1. The number of rotatable bonds is 5. The summed E-state index contributed by atoms with van der Waals surface area (Å²) in [5.74, 6) is -0.747. The highest BCUT2D eigenvalue weighted by atomic mass is 19.4. The first kappa shape index (κ1) is 22.6. The Morgan fingerprint density at radius 2 is 1.80 bits per heavy atom. The van der Waals surface area contributed by atoms with Gasteiger partial charge in [-0.1, -0.05) is 48.5 Å². The van der Waals surface area contributed by atoms with Crippen molar-refractivity contribution in [1.82, 2.24) is 14.3 Å². The van der Waals surface area contributed by atoms with Crippen LogP contribution in [0.5, 0.6) is 0 Å². The molecule has 4 aromatic rings. The van der Waals surface area contributed by atoms with Gasteiger partial charge < -0.3 is 10.2 Å². The number of carbonyl (C=O) groups excluding carboxylic acids is 2. The van der Waals surface area contributed by atoms with E-state index in [4.69, 9.17) is 0 Å². The first-order valence-electron chi connectivity index (χ1n) is 11.1. The number of likely N-dealkylation sites (tertiary alicyclic amines) is 1. The Morgan fingerprint density at radius 1 is 1.03 bits per heavy atom. The van der Waals surface area contributed by atoms with Crippen LogP contribution < -0.4 is 5.32 Å². The molecule has 2 aromatic carbocycles. The molecule has 3 heterocycles. The number of nitrogens with zero attached hydrogens (tertiary/aromatic N) is 3. The maximum Gasteiger partial charge on any atom is 0.416 e. The van der Waals surface area contributed by atoms with Gasteiger partial charge in [0.2, 0.25) is 11.8 Å². The van der Waals surface area contributed by atoms with Crippen molar-refractivity contribution in [2.45, 2.75) is 19.1 Å². The zero-order valence-electron chi connectivity index (χ0n) is 18.5. The number of halogens is 3. The molecule has 9 heteroatoms. The summed E-state index contributed by atoms with van der Waals surface area (Å²) in [5.41, 5.74) is 1.70. The molecule has 1 N–H and O–H groups in total. The van der Waals surface area contributed by atoms with Crippen molar-refractivity contribution in [2.75, 3.05) is 11.9 Å². The van der Waals surface area contributed by atoms with Crippen molar-refractivity contribution in [1.29, 1.82) is 0 Å². The molecule has 1 unspecified atom stereocenters. The Kier molecular flexibility index (Phi) is 5.76. The van der Waals surface area contributed by atoms with Crippen molar-refractivity contribution in [3.8, 4) is 11.3 Å². The summed E-state index contributed by atoms with van der Waals surface area (Å²) in [6, 6.07) is 19.8. The fraction of sp³-hybridized carbons (Fsp3) is 0.192. The van der Waals surface area contributed by atoms with Crippen LogP contribution in [0, 0.1) is 5.92 Å². The van der Waals surface area contributed by atoms with Gasteiger partial charge in [-0.25, -0.2) is 4.98 Å². The van der Waals surface area contributed by atoms with Crippen LogP contribution in [0.1, 0.15) is 17.5 Å². The van der Waals surface area contributed by atoms with Crippen molar-refractivity contribution in [3.05, 3.63) is 90.1 Å². The average molecular weight is 478 g/mol. The number of fused-ring (bicyclic) bond motifs is 1. The minimum atomic E-state index is -4.46. The zero-order chi connectivity index (χ0) is 24.6. The summed E-state index contributed by atoms with van der Waals surface area (Å²) in [6.07, 6.45) is -2.68. The Morgan fingerprint density at radius 3 is 2.57 bits per heavy atom. The number of alkyl halides is 3. The predicted molar refractivity (Wildman–Crippen MR) is 124 cm³/mol. The third-order valence-electron chi connectivity index (χ3n) is 6.03. The van der Waals surface area contributed by atoms with E-state index < -0.39 is 17.7 Å². The van der Waals surface area contributed by atoms with Gasteiger partial charge in [0.15, 0.2) is 0 Å². The van der Waals surface area contributed by atoms with E-state index in [9.17, 15) is 22.8 Å². The van der Waals surface area contributed by atoms with E-state index >= 15 is 0 Å². The van der Waals surface area contributed by atoms with Gasteiger partial charge in [0.1, 0.15) is 17.2 Å². The molecule has 5 rings (SSSR count). The predicted octanol–water partition coefficient (Wildman–Crippen LogP) is 5.01. The quantitative estimate of drug-likeness (QED) is 0.439. The molecule has 1 saturated heterocycles. The van der Waals surface area contributed by atoms with Crippen LogP contribution in [0.2, 0.25) is 0 Å². The van der Waals surface area contributed by atoms with Gasteiger partial charge in [0.05, 0.1) is 11.5 Å². The largest absolute Gasteiger partial charge is 0.416 e. The van der Waals surface area contributed by atoms with Crippen molar-refractivity contribution >= 4 is 23.3 Å². The molecule has 1 atom stereocenters. The van der Waals surface area contributed by atoms with E-state index in [0.29, 0.717) is 22.7 Å². The average Bonchev–Trinajstić information content (AvgIpc) is 3.40. The van der Waals surface area contributed by atoms with Crippen LogP contribution in [0.15, 0.2) is 79.0 Å². The van der Waals surface area contributed by atoms with Gasteiger partial charge >= 0.3 is 6.18 Å². The Hall–Kier alpha value is -4.14. The highest BCUT2D eigenvalue weighted by molar-refractivity contribution is 5.99. The molecule has 0 saturated carbocycles. The van der Waals surface area contributed by atoms with Crippen molar-refractivity contribution in [3.63, 3.8) is 0 Å². The van der Waals surface area contributed by atoms with Crippen LogP contribution in [0.3, 0.4) is 0 Å². The Balaban J connectivity index is 1.35. The van der Waals surface area contributed by atoms with Crippen LogP contribution >= 0.6 is 0 Å². The second-order valence-corrected chi connectivity index (χ2v) is 8.47. The second kappa shape index (κ2) is 8.90. The number of benzene rings is 2. The fourth-order valence-corrected chi connectivity index (χ4v) is 4.30. The highest BCUT2D eigenvalue weighted by Gasteiger charge is 2.36. The normalized spacial score (nSPS) is 16.1. The van der Waals surface area contributed by atoms with Crippen LogP contribution in [-0.2, 0) is 22.3 Å². The summed E-state index contributed by atoms with van der Waals surface area (Å²) in [7, 11) is 0. The molecule has 0 bridgehead atoms. The SMILES string of the molecule is O=C(Nc1c(-c2ccccc2)nc2ccccn12)C1CC(=O)N(Cc2cccc(C(F)(F)F)c2)C1. The molecule has 2 aromatic heterocycles. The Bertz CT molecular complexity index is 1400. The van der Waals surface area contributed by atoms with E-state index in [2.05, 4.69) is 10.3 Å². The number of hydrogen-bond donors (Lipinski definition) is 1. The molecule has 0 radical (unpaired) electrons. The number of hydrogen-bond acceptors (Lipinski definition) is 3. The van der Waals surface area contributed by atoms with E-state index in [-0.39, 0.29) is 31.3 Å². The summed E-state index contributed by atoms with van der Waals surface area (Å²) < 4.78 is 40.9. The number of carbonyl (C=O) groups is 2. The molecule has 1 aliphatic rings. The third kappa shape index (κ3) is 4.62. The first-order chi connectivity index (χ1) is 16.8. The van der Waals surface area contributed by atoms with Gasteiger partial charge in [-0.05, 0) is 29.8 Å². The number of amides is 2. The number of aromatic nitrogens is 2. The highest BCUT2D eigenvalue weighted by Crippen LogP contribution is 2.32. The lowest BCUT2D eigenvalue weighted by Gasteiger charge is -2.18. The number of pyridine rings is 1. The molecule has 1 aliphatic heterocycles. The summed E-state index contributed by atoms with van der Waals surface area (Å²) in [6.45, 7) is 0.135. The molecule has 178 valence electrons. The fourth-order valence-electron chi connectivity index (χ4n) is 4.30. The zero-order valence-corrected chi connectivity index (χ0v) is 18.5. The molecular formula is C26H21F3N4O2. The van der Waals surface area contributed by atoms with Gasteiger partial charge in [0, 0.05) is 31.3 Å². The van der Waals surface area contributed by atoms with Crippen LogP contribution in [-0.4, -0.2) is 32.6 Å². The molecule has 6 nitrogen and oxygen atoms in total. The smallest absolute Gasteiger partial charge is 0.338 e. The number of nitrogens with one attached hydrogen (secondary N) is 1. The third-order valence-corrected chi connectivity index (χ3v) is 6.03. The molecule has 0 aliphatic carbocycles. The van der Waals surface area contributed by atoms with Gasteiger partial charge in [-0.15, -0.1) is 0 Å². The standard InChI is InChI=1S/C26H21F3N4O2/c27-26(28,29)20-10-6-7-17(13-20)15-32-16-19(14-22(32)34)25(35)31-24-23(18-8-2-1-3-9-18)30-21-11-4-5-12-33(21)24/h1-13,19H,14-16H2,(H,31,35). The van der Waals surface area contributed by atoms with Crippen LogP contribution in [0.25, 0.3) is 16.9 Å². The van der Waals surface area contributed by atoms with E-state index in [1.54, 1.807) is 16.7 Å². The second-order valence-electron chi connectivity index (χ2n) is 8.47. The lowest BCUT2D eigenvalue weighted by molar-refractivity contribution is -0.137. The number of imidazole rings is 1. The minimum Gasteiger partial charge on any atom is -0.338 e. The van der Waals surface area contributed by atoms with E-state index in [1.165, 1.54) is 11.0 Å². The minimum absolute atomic E-state index is 0.0113. The summed E-state index contributed by atoms with van der Waals surface area (Å²) >= 11 is 0. The first-order valence-corrected chi connectivity index (χ1v) is 11.1. The van der Waals surface area contributed by atoms with Gasteiger partial charge in [-0.3, -0.25) is 14.0 Å². The van der Waals surface area contributed by atoms with E-state index in [1.807, 2.05) is 48.5 Å². The van der Waals surface area contributed by atoms with Crippen LogP contribution in [0.4, 0.5) is 19.0 Å². The molecule has 0 spiro atoms. The molecule has 35 heavy (non-hydrogen) atoms. The molecule has 1 fully saturated rings. The van der Waals surface area contributed by atoms with E-state index in [0.717, 1.165) is 17.7 Å². The van der Waals surface area contributed by atoms with Gasteiger partial charge in [-0.2, -0.15) is 13.2 Å². The van der Waals surface area contributed by atoms with Crippen molar-refractivity contribution < 1.29 is 22.8 Å². The number of anilines is 1. The van der Waals surface area contributed by atoms with Gasteiger partial charge in [0.25, 0.3) is 0 Å².